The van der Waals surface area contributed by atoms with Crippen LogP contribution in [0.15, 0.2) is 18.2 Å². The lowest BCUT2D eigenvalue weighted by molar-refractivity contribution is 0.0679. The number of nitrogens with zero attached hydrogens (tertiary/aromatic N) is 1. The number of carbonyl (C=O) groups is 1. The Kier molecular flexibility index (Phi) is 5.12. The highest BCUT2D eigenvalue weighted by atomic mass is 19.1. The Morgan fingerprint density at radius 3 is 2.75 bits per heavy atom. The Bertz CT molecular complexity index is 470. The Balaban J connectivity index is 2.22. The van der Waals surface area contributed by atoms with Crippen molar-refractivity contribution in [1.29, 1.82) is 0 Å². The molecule has 2 rings (SSSR count). The quantitative estimate of drug-likeness (QED) is 0.900. The lowest BCUT2D eigenvalue weighted by atomic mass is 10.1. The first-order valence-electron chi connectivity index (χ1n) is 7.40. The van der Waals surface area contributed by atoms with Crippen molar-refractivity contribution in [1.82, 2.24) is 4.90 Å². The Labute approximate surface area is 120 Å². The van der Waals surface area contributed by atoms with Crippen LogP contribution in [0.2, 0.25) is 0 Å². The van der Waals surface area contributed by atoms with Gasteiger partial charge < -0.3 is 10.6 Å². The van der Waals surface area contributed by atoms with Gasteiger partial charge in [0.2, 0.25) is 0 Å². The number of halogens is 1. The Morgan fingerprint density at radius 1 is 1.40 bits per heavy atom. The van der Waals surface area contributed by atoms with Crippen LogP contribution in [0, 0.1) is 12.7 Å². The van der Waals surface area contributed by atoms with Crippen molar-refractivity contribution in [3.05, 3.63) is 35.1 Å². The van der Waals surface area contributed by atoms with E-state index in [1.165, 1.54) is 25.0 Å². The van der Waals surface area contributed by atoms with Crippen LogP contribution < -0.4 is 5.73 Å². The molecule has 1 fully saturated rings. The van der Waals surface area contributed by atoms with Crippen LogP contribution in [0.4, 0.5) is 4.39 Å². The molecular formula is C16H23FN2O. The van der Waals surface area contributed by atoms with E-state index in [2.05, 4.69) is 0 Å². The summed E-state index contributed by atoms with van der Waals surface area (Å²) in [5.41, 5.74) is 6.88. The molecule has 3 nitrogen and oxygen atoms in total. The summed E-state index contributed by atoms with van der Waals surface area (Å²) >= 11 is 0. The van der Waals surface area contributed by atoms with Crippen molar-refractivity contribution >= 4 is 5.91 Å². The number of amides is 1. The van der Waals surface area contributed by atoms with Crippen LogP contribution in [-0.4, -0.2) is 29.9 Å². The minimum absolute atomic E-state index is 0.0534. The average molecular weight is 278 g/mol. The summed E-state index contributed by atoms with van der Waals surface area (Å²) in [6.07, 6.45) is 5.21. The van der Waals surface area contributed by atoms with Crippen LogP contribution in [0.1, 0.15) is 48.0 Å². The summed E-state index contributed by atoms with van der Waals surface area (Å²) in [5, 5.41) is 0. The molecule has 1 amide bonds. The minimum Gasteiger partial charge on any atom is -0.336 e. The normalized spacial score (nSPS) is 15.6. The van der Waals surface area contributed by atoms with Gasteiger partial charge in [0.05, 0.1) is 0 Å². The molecule has 0 unspecified atom stereocenters. The van der Waals surface area contributed by atoms with E-state index < -0.39 is 0 Å². The summed E-state index contributed by atoms with van der Waals surface area (Å²) in [4.78, 5) is 14.6. The van der Waals surface area contributed by atoms with E-state index in [0.717, 1.165) is 24.8 Å². The molecule has 1 aromatic carbocycles. The first-order chi connectivity index (χ1) is 9.63. The van der Waals surface area contributed by atoms with Crippen molar-refractivity contribution in [2.45, 2.75) is 45.1 Å². The van der Waals surface area contributed by atoms with E-state index in [1.54, 1.807) is 6.07 Å². The lowest BCUT2D eigenvalue weighted by Crippen LogP contribution is -2.40. The molecule has 1 saturated carbocycles. The fourth-order valence-electron chi connectivity index (χ4n) is 2.91. The number of hydrogen-bond acceptors (Lipinski definition) is 2. The van der Waals surface area contributed by atoms with Gasteiger partial charge in [0.1, 0.15) is 5.82 Å². The van der Waals surface area contributed by atoms with E-state index in [4.69, 9.17) is 5.73 Å². The SMILES string of the molecule is Cc1ccc(F)cc1C(=O)N(CCCN)C1CCCC1. The molecule has 0 aliphatic heterocycles. The highest BCUT2D eigenvalue weighted by Gasteiger charge is 2.27. The summed E-state index contributed by atoms with van der Waals surface area (Å²) in [5.74, 6) is -0.411. The summed E-state index contributed by atoms with van der Waals surface area (Å²) < 4.78 is 13.4. The van der Waals surface area contributed by atoms with Crippen LogP contribution in [0.25, 0.3) is 0 Å². The van der Waals surface area contributed by atoms with E-state index in [9.17, 15) is 9.18 Å². The van der Waals surface area contributed by atoms with Gasteiger partial charge in [-0.15, -0.1) is 0 Å². The van der Waals surface area contributed by atoms with Crippen molar-refractivity contribution in [2.24, 2.45) is 5.73 Å². The number of carbonyl (C=O) groups excluding carboxylic acids is 1. The van der Waals surface area contributed by atoms with E-state index in [-0.39, 0.29) is 17.8 Å². The third-order valence-electron chi connectivity index (χ3n) is 4.06. The average Bonchev–Trinajstić information content (AvgIpc) is 2.95. The third-order valence-corrected chi connectivity index (χ3v) is 4.06. The van der Waals surface area contributed by atoms with Crippen molar-refractivity contribution in [3.63, 3.8) is 0 Å². The molecule has 2 N–H and O–H groups in total. The second-order valence-corrected chi connectivity index (χ2v) is 5.54. The molecule has 20 heavy (non-hydrogen) atoms. The highest BCUT2D eigenvalue weighted by molar-refractivity contribution is 5.95. The van der Waals surface area contributed by atoms with Gasteiger partial charge in [-0.3, -0.25) is 4.79 Å². The highest BCUT2D eigenvalue weighted by Crippen LogP contribution is 2.26. The smallest absolute Gasteiger partial charge is 0.254 e. The fraction of sp³-hybridized carbons (Fsp3) is 0.562. The molecule has 1 aliphatic rings. The van der Waals surface area contributed by atoms with Gasteiger partial charge >= 0.3 is 0 Å². The zero-order chi connectivity index (χ0) is 14.5. The van der Waals surface area contributed by atoms with E-state index in [1.807, 2.05) is 11.8 Å². The number of aryl methyl sites for hydroxylation is 1. The number of benzene rings is 1. The predicted octanol–water partition coefficient (Wildman–Crippen LogP) is 2.87. The van der Waals surface area contributed by atoms with Crippen LogP contribution in [0.5, 0.6) is 0 Å². The van der Waals surface area contributed by atoms with Gasteiger partial charge in [0.15, 0.2) is 0 Å². The summed E-state index contributed by atoms with van der Waals surface area (Å²) in [6, 6.07) is 4.70. The topological polar surface area (TPSA) is 46.3 Å². The zero-order valence-electron chi connectivity index (χ0n) is 12.1. The predicted molar refractivity (Wildman–Crippen MR) is 78.1 cm³/mol. The van der Waals surface area contributed by atoms with E-state index in [0.29, 0.717) is 18.7 Å². The Morgan fingerprint density at radius 2 is 2.10 bits per heavy atom. The molecular weight excluding hydrogens is 255 g/mol. The van der Waals surface area contributed by atoms with Crippen LogP contribution in [0.3, 0.4) is 0 Å². The maximum absolute atomic E-state index is 13.4. The molecule has 0 atom stereocenters. The van der Waals surface area contributed by atoms with Crippen molar-refractivity contribution < 1.29 is 9.18 Å². The van der Waals surface area contributed by atoms with Crippen molar-refractivity contribution in [2.75, 3.05) is 13.1 Å². The monoisotopic (exact) mass is 278 g/mol. The van der Waals surface area contributed by atoms with Crippen LogP contribution in [-0.2, 0) is 0 Å². The fourth-order valence-corrected chi connectivity index (χ4v) is 2.91. The molecule has 1 aromatic rings. The Hall–Kier alpha value is -1.42. The molecule has 110 valence electrons. The lowest BCUT2D eigenvalue weighted by Gasteiger charge is -2.29. The maximum atomic E-state index is 13.4. The minimum atomic E-state index is -0.357. The van der Waals surface area contributed by atoms with Gasteiger partial charge in [-0.05, 0) is 50.4 Å². The largest absolute Gasteiger partial charge is 0.336 e. The molecule has 0 radical (unpaired) electrons. The first-order valence-corrected chi connectivity index (χ1v) is 7.40. The van der Waals surface area contributed by atoms with Gasteiger partial charge in [-0.25, -0.2) is 4.39 Å². The molecule has 0 saturated heterocycles. The van der Waals surface area contributed by atoms with Gasteiger partial charge in [-0.2, -0.15) is 0 Å². The third kappa shape index (κ3) is 3.37. The second-order valence-electron chi connectivity index (χ2n) is 5.54. The zero-order valence-corrected chi connectivity index (χ0v) is 12.1. The first kappa shape index (κ1) is 15.0. The summed E-state index contributed by atoms with van der Waals surface area (Å²) in [7, 11) is 0. The second kappa shape index (κ2) is 6.84. The van der Waals surface area contributed by atoms with Crippen molar-refractivity contribution in [3.8, 4) is 0 Å². The molecule has 4 heteroatoms. The van der Waals surface area contributed by atoms with Gasteiger partial charge in [0.25, 0.3) is 5.91 Å². The summed E-state index contributed by atoms with van der Waals surface area (Å²) in [6.45, 7) is 3.08. The number of rotatable bonds is 5. The van der Waals surface area contributed by atoms with Gasteiger partial charge in [-0.1, -0.05) is 18.9 Å². The molecule has 0 spiro atoms. The van der Waals surface area contributed by atoms with E-state index >= 15 is 0 Å². The molecule has 0 aromatic heterocycles. The maximum Gasteiger partial charge on any atom is 0.254 e. The number of nitrogens with two attached hydrogens (primary N) is 1. The molecule has 0 bridgehead atoms. The van der Waals surface area contributed by atoms with Crippen LogP contribution >= 0.6 is 0 Å². The number of hydrogen-bond donors (Lipinski definition) is 1. The standard InChI is InChI=1S/C16H23FN2O/c1-12-7-8-13(17)11-15(12)16(20)19(10-4-9-18)14-5-2-3-6-14/h7-8,11,14H,2-6,9-10,18H2,1H3. The molecule has 1 aliphatic carbocycles. The molecule has 0 heterocycles. The van der Waals surface area contributed by atoms with Gasteiger partial charge in [0, 0.05) is 18.2 Å².